The Hall–Kier alpha value is -8.72. The van der Waals surface area contributed by atoms with Crippen LogP contribution in [0, 0.1) is 13.8 Å². The summed E-state index contributed by atoms with van der Waals surface area (Å²) in [6, 6.07) is 82.1. The molecule has 0 atom stereocenters. The van der Waals surface area contributed by atoms with Gasteiger partial charge in [-0.2, -0.15) is 0 Å². The van der Waals surface area contributed by atoms with Crippen LogP contribution in [0.15, 0.2) is 218 Å². The van der Waals surface area contributed by atoms with Crippen molar-refractivity contribution in [1.82, 2.24) is 9.13 Å². The SMILES string of the molecule is Cc1ccc2c3c4ccccc4ccc3n(-c3cccc(-c4c5c(c(-c6cccc(-n7c8cc(C)ccc8c8c9ccccc9ccc87)c6)c6ccccc46)-c4cccc6cccc-5c46)c3)c2c1. The molecule has 0 spiro atoms. The summed E-state index contributed by atoms with van der Waals surface area (Å²) in [6.45, 7) is 4.40. The van der Waals surface area contributed by atoms with E-state index in [2.05, 4.69) is 241 Å². The Kier molecular flexibility index (Phi) is 7.67. The molecule has 2 aromatic heterocycles. The highest BCUT2D eigenvalue weighted by molar-refractivity contribution is 6.28. The Labute approximate surface area is 393 Å². The van der Waals surface area contributed by atoms with E-state index in [9.17, 15) is 0 Å². The quantitative estimate of drug-likeness (QED) is 0.167. The lowest BCUT2D eigenvalue weighted by atomic mass is 9.82. The average molecular weight is 863 g/mol. The molecule has 2 nitrogen and oxygen atoms in total. The number of rotatable bonds is 4. The molecule has 0 unspecified atom stereocenters. The molecule has 0 amide bonds. The molecule has 0 bridgehead atoms. The Morgan fingerprint density at radius 3 is 1.18 bits per heavy atom. The second-order valence-corrected chi connectivity index (χ2v) is 18.9. The van der Waals surface area contributed by atoms with Crippen molar-refractivity contribution in [2.75, 3.05) is 0 Å². The summed E-state index contributed by atoms with van der Waals surface area (Å²) in [4.78, 5) is 0. The fraction of sp³-hybridized carbons (Fsp3) is 0.0303. The van der Waals surface area contributed by atoms with Gasteiger partial charge in [0, 0.05) is 32.9 Å². The van der Waals surface area contributed by atoms with Crippen molar-refractivity contribution in [1.29, 1.82) is 0 Å². The number of nitrogens with zero attached hydrogens (tertiary/aromatic N) is 2. The molecule has 316 valence electrons. The summed E-state index contributed by atoms with van der Waals surface area (Å²) in [5.74, 6) is 0. The van der Waals surface area contributed by atoms with Gasteiger partial charge in [-0.25, -0.2) is 0 Å². The molecular weight excluding hydrogens is 821 g/mol. The molecule has 0 radical (unpaired) electrons. The smallest absolute Gasteiger partial charge is 0.0547 e. The summed E-state index contributed by atoms with van der Waals surface area (Å²) in [7, 11) is 0. The molecule has 0 saturated carbocycles. The van der Waals surface area contributed by atoms with Crippen molar-refractivity contribution in [2.24, 2.45) is 0 Å². The fourth-order valence-corrected chi connectivity index (χ4v) is 12.3. The fourth-order valence-electron chi connectivity index (χ4n) is 12.3. The van der Waals surface area contributed by atoms with Gasteiger partial charge in [0.2, 0.25) is 0 Å². The zero-order chi connectivity index (χ0) is 44.8. The Morgan fingerprint density at radius 1 is 0.265 bits per heavy atom. The van der Waals surface area contributed by atoms with Gasteiger partial charge in [-0.15, -0.1) is 0 Å². The molecule has 2 heterocycles. The van der Waals surface area contributed by atoms with Gasteiger partial charge in [0.05, 0.1) is 22.1 Å². The first kappa shape index (κ1) is 37.5. The van der Waals surface area contributed by atoms with Crippen LogP contribution in [0.1, 0.15) is 11.1 Å². The number of hydrogen-bond donors (Lipinski definition) is 0. The molecule has 0 N–H and O–H groups in total. The standard InChI is InChI=1S/C66H42N2/c1-39-27-31-52-58(35-39)67(56-33-29-41-13-3-5-21-48(41)63(52)56)46-19-9-17-44(37-46)61-50-23-7-8-24-51(50)62(66-55-26-12-16-43-15-11-25-54(60(43)55)65(61)66)45-18-10-20-47(38-45)68-57-34-30-42-14-4-6-22-49(42)64(57)53-32-28-40(2)36-59(53)68/h3-38H,1-2H3. The van der Waals surface area contributed by atoms with E-state index in [0.29, 0.717) is 0 Å². The van der Waals surface area contributed by atoms with E-state index >= 15 is 0 Å². The number of benzene rings is 12. The minimum atomic E-state index is 1.15. The van der Waals surface area contributed by atoms with Crippen LogP contribution in [-0.2, 0) is 0 Å². The lowest BCUT2D eigenvalue weighted by Gasteiger charge is -2.21. The minimum absolute atomic E-state index is 1.15. The van der Waals surface area contributed by atoms with Crippen molar-refractivity contribution in [3.05, 3.63) is 230 Å². The lowest BCUT2D eigenvalue weighted by Crippen LogP contribution is -1.98. The van der Waals surface area contributed by atoms with Crippen LogP contribution in [0.4, 0.5) is 0 Å². The van der Waals surface area contributed by atoms with E-state index in [4.69, 9.17) is 0 Å². The van der Waals surface area contributed by atoms with E-state index < -0.39 is 0 Å². The van der Waals surface area contributed by atoms with Gasteiger partial charge in [-0.1, -0.05) is 170 Å². The third kappa shape index (κ3) is 5.12. The second-order valence-electron chi connectivity index (χ2n) is 18.9. The molecule has 0 fully saturated rings. The third-order valence-electron chi connectivity index (χ3n) is 15.1. The Morgan fingerprint density at radius 2 is 0.691 bits per heavy atom. The monoisotopic (exact) mass is 862 g/mol. The zero-order valence-electron chi connectivity index (χ0n) is 37.7. The first-order valence-electron chi connectivity index (χ1n) is 23.8. The minimum Gasteiger partial charge on any atom is -0.309 e. The Balaban J connectivity index is 1.01. The summed E-state index contributed by atoms with van der Waals surface area (Å²) >= 11 is 0. The molecule has 1 aliphatic rings. The third-order valence-corrected chi connectivity index (χ3v) is 15.1. The highest BCUT2D eigenvalue weighted by Gasteiger charge is 2.31. The maximum absolute atomic E-state index is 2.49. The number of aromatic nitrogens is 2. The van der Waals surface area contributed by atoms with Gasteiger partial charge in [0.15, 0.2) is 0 Å². The van der Waals surface area contributed by atoms with Gasteiger partial charge >= 0.3 is 0 Å². The van der Waals surface area contributed by atoms with E-state index in [1.807, 2.05) is 0 Å². The predicted molar refractivity (Wildman–Crippen MR) is 290 cm³/mol. The maximum Gasteiger partial charge on any atom is 0.0547 e. The van der Waals surface area contributed by atoms with Gasteiger partial charge in [0.1, 0.15) is 0 Å². The molecule has 12 aromatic carbocycles. The maximum atomic E-state index is 2.49. The van der Waals surface area contributed by atoms with Gasteiger partial charge in [-0.05, 0) is 161 Å². The normalized spacial score (nSPS) is 12.3. The van der Waals surface area contributed by atoms with Crippen molar-refractivity contribution in [3.63, 3.8) is 0 Å². The van der Waals surface area contributed by atoms with Crippen LogP contribution in [0.3, 0.4) is 0 Å². The van der Waals surface area contributed by atoms with Gasteiger partial charge in [-0.3, -0.25) is 0 Å². The molecule has 14 aromatic rings. The van der Waals surface area contributed by atoms with E-state index in [1.54, 1.807) is 0 Å². The Bertz CT molecular complexity index is 4230. The van der Waals surface area contributed by atoms with E-state index in [-0.39, 0.29) is 0 Å². The molecule has 15 rings (SSSR count). The number of aryl methyl sites for hydroxylation is 2. The molecule has 0 saturated heterocycles. The summed E-state index contributed by atoms with van der Waals surface area (Å²) in [6.07, 6.45) is 0. The lowest BCUT2D eigenvalue weighted by molar-refractivity contribution is 1.18. The molecular formula is C66H42N2. The first-order chi connectivity index (χ1) is 33.6. The number of hydrogen-bond acceptors (Lipinski definition) is 0. The highest BCUT2D eigenvalue weighted by atomic mass is 15.0. The van der Waals surface area contributed by atoms with E-state index in [0.717, 1.165) is 11.4 Å². The van der Waals surface area contributed by atoms with Crippen molar-refractivity contribution < 1.29 is 0 Å². The van der Waals surface area contributed by atoms with Crippen LogP contribution < -0.4 is 0 Å². The van der Waals surface area contributed by atoms with Crippen molar-refractivity contribution in [3.8, 4) is 55.9 Å². The largest absolute Gasteiger partial charge is 0.309 e. The predicted octanol–water partition coefficient (Wildman–Crippen LogP) is 18.1. The van der Waals surface area contributed by atoms with Crippen LogP contribution >= 0.6 is 0 Å². The van der Waals surface area contributed by atoms with Gasteiger partial charge in [0.25, 0.3) is 0 Å². The summed E-state index contributed by atoms with van der Waals surface area (Å²) in [5.41, 5.74) is 19.8. The summed E-state index contributed by atoms with van der Waals surface area (Å²) < 4.78 is 4.98. The van der Waals surface area contributed by atoms with E-state index in [1.165, 1.54) is 142 Å². The topological polar surface area (TPSA) is 9.86 Å². The second kappa shape index (κ2) is 13.9. The van der Waals surface area contributed by atoms with Crippen LogP contribution in [-0.4, -0.2) is 9.13 Å². The zero-order valence-corrected chi connectivity index (χ0v) is 37.7. The molecule has 68 heavy (non-hydrogen) atoms. The van der Waals surface area contributed by atoms with Crippen LogP contribution in [0.2, 0.25) is 0 Å². The van der Waals surface area contributed by atoms with Crippen LogP contribution in [0.25, 0.3) is 143 Å². The van der Waals surface area contributed by atoms with Gasteiger partial charge < -0.3 is 9.13 Å². The van der Waals surface area contributed by atoms with Crippen molar-refractivity contribution >= 4 is 86.7 Å². The molecule has 0 aliphatic heterocycles. The average Bonchev–Trinajstić information content (AvgIpc) is 4.02. The van der Waals surface area contributed by atoms with Crippen LogP contribution in [0.5, 0.6) is 0 Å². The summed E-state index contributed by atoms with van der Waals surface area (Å²) in [5, 5.41) is 15.3. The highest BCUT2D eigenvalue weighted by Crippen LogP contribution is 2.58. The first-order valence-corrected chi connectivity index (χ1v) is 23.8. The molecule has 2 heteroatoms. The molecule has 1 aliphatic carbocycles. The van der Waals surface area contributed by atoms with Crippen molar-refractivity contribution in [2.45, 2.75) is 13.8 Å². The number of fused-ring (bicyclic) bond motifs is 14.